The number of hydrazone groups is 1. The van der Waals surface area contributed by atoms with Crippen molar-refractivity contribution in [2.24, 2.45) is 5.10 Å². The van der Waals surface area contributed by atoms with Gasteiger partial charge in [-0.3, -0.25) is 4.79 Å². The molecule has 0 radical (unpaired) electrons. The van der Waals surface area contributed by atoms with Crippen LogP contribution in [0.5, 0.6) is 17.2 Å². The summed E-state index contributed by atoms with van der Waals surface area (Å²) in [5.41, 5.74) is 4.44. The fourth-order valence-electron chi connectivity index (χ4n) is 2.64. The molecule has 3 rings (SSSR count). The number of methoxy groups -OCH3 is 1. The van der Waals surface area contributed by atoms with Crippen molar-refractivity contribution >= 4 is 41.3 Å². The van der Waals surface area contributed by atoms with Gasteiger partial charge in [0.1, 0.15) is 5.75 Å². The van der Waals surface area contributed by atoms with E-state index in [1.165, 1.54) is 19.4 Å². The molecule has 0 saturated heterocycles. The molecule has 0 bridgehead atoms. The van der Waals surface area contributed by atoms with Gasteiger partial charge >= 0.3 is 5.97 Å². The van der Waals surface area contributed by atoms with E-state index in [9.17, 15) is 9.59 Å². The molecular formula is C24H20Cl2N2O5. The van der Waals surface area contributed by atoms with Crippen LogP contribution in [0.25, 0.3) is 0 Å². The minimum absolute atomic E-state index is 0.262. The Morgan fingerprint density at radius 2 is 1.70 bits per heavy atom. The highest BCUT2D eigenvalue weighted by Crippen LogP contribution is 2.29. The first-order valence-corrected chi connectivity index (χ1v) is 10.5. The molecule has 0 saturated carbocycles. The van der Waals surface area contributed by atoms with Crippen molar-refractivity contribution in [2.75, 3.05) is 13.7 Å². The third kappa shape index (κ3) is 6.97. The number of carbonyl (C=O) groups is 2. The van der Waals surface area contributed by atoms with Gasteiger partial charge in [0, 0.05) is 5.02 Å². The zero-order valence-corrected chi connectivity index (χ0v) is 19.3. The van der Waals surface area contributed by atoms with Crippen LogP contribution in [0.15, 0.2) is 65.8 Å². The van der Waals surface area contributed by atoms with Gasteiger partial charge in [0.15, 0.2) is 18.1 Å². The first-order valence-electron chi connectivity index (χ1n) is 9.72. The Morgan fingerprint density at radius 3 is 2.39 bits per heavy atom. The first kappa shape index (κ1) is 24.1. The van der Waals surface area contributed by atoms with Gasteiger partial charge in [0.2, 0.25) is 0 Å². The van der Waals surface area contributed by atoms with Crippen LogP contribution >= 0.6 is 23.2 Å². The molecule has 0 unspecified atom stereocenters. The van der Waals surface area contributed by atoms with E-state index in [0.717, 1.165) is 5.56 Å². The number of rotatable bonds is 8. The molecule has 0 atom stereocenters. The summed E-state index contributed by atoms with van der Waals surface area (Å²) in [6.45, 7) is 1.65. The maximum atomic E-state index is 12.3. The SMILES string of the molecule is COc1cc(C=NNC(=O)COc2ccc(Cl)cc2Cl)ccc1OC(=O)c1ccc(C)cc1. The van der Waals surface area contributed by atoms with Crippen LogP contribution in [-0.4, -0.2) is 31.8 Å². The van der Waals surface area contributed by atoms with Gasteiger partial charge < -0.3 is 14.2 Å². The summed E-state index contributed by atoms with van der Waals surface area (Å²) in [4.78, 5) is 24.3. The number of amides is 1. The Labute approximate surface area is 200 Å². The van der Waals surface area contributed by atoms with Crippen LogP contribution in [0.2, 0.25) is 10.0 Å². The summed E-state index contributed by atoms with van der Waals surface area (Å²) >= 11 is 11.8. The van der Waals surface area contributed by atoms with Crippen LogP contribution in [0, 0.1) is 6.92 Å². The lowest BCUT2D eigenvalue weighted by Gasteiger charge is -2.10. The van der Waals surface area contributed by atoms with E-state index in [0.29, 0.717) is 32.7 Å². The maximum Gasteiger partial charge on any atom is 0.343 e. The number of hydrogen-bond donors (Lipinski definition) is 1. The molecule has 0 fully saturated rings. The van der Waals surface area contributed by atoms with Crippen LogP contribution < -0.4 is 19.6 Å². The van der Waals surface area contributed by atoms with E-state index in [-0.39, 0.29) is 12.4 Å². The third-order valence-electron chi connectivity index (χ3n) is 4.33. The van der Waals surface area contributed by atoms with Gasteiger partial charge in [-0.1, -0.05) is 40.9 Å². The summed E-state index contributed by atoms with van der Waals surface area (Å²) in [5.74, 6) is -0.0414. The lowest BCUT2D eigenvalue weighted by molar-refractivity contribution is -0.123. The molecule has 0 aromatic heterocycles. The summed E-state index contributed by atoms with van der Waals surface area (Å²) < 4.78 is 16.1. The van der Waals surface area contributed by atoms with Crippen molar-refractivity contribution < 1.29 is 23.8 Å². The van der Waals surface area contributed by atoms with Crippen molar-refractivity contribution in [1.29, 1.82) is 0 Å². The predicted molar refractivity (Wildman–Crippen MR) is 127 cm³/mol. The molecular weight excluding hydrogens is 467 g/mol. The van der Waals surface area contributed by atoms with Crippen molar-refractivity contribution in [1.82, 2.24) is 5.43 Å². The highest BCUT2D eigenvalue weighted by atomic mass is 35.5. The summed E-state index contributed by atoms with van der Waals surface area (Å²) in [6, 6.07) is 16.6. The van der Waals surface area contributed by atoms with E-state index in [1.54, 1.807) is 42.5 Å². The van der Waals surface area contributed by atoms with Crippen molar-refractivity contribution in [2.45, 2.75) is 6.92 Å². The molecule has 7 nitrogen and oxygen atoms in total. The highest BCUT2D eigenvalue weighted by Gasteiger charge is 2.13. The summed E-state index contributed by atoms with van der Waals surface area (Å²) in [7, 11) is 1.46. The molecule has 0 aliphatic rings. The van der Waals surface area contributed by atoms with Gasteiger partial charge in [-0.15, -0.1) is 0 Å². The zero-order valence-electron chi connectivity index (χ0n) is 17.8. The molecule has 1 N–H and O–H groups in total. The molecule has 3 aromatic carbocycles. The van der Waals surface area contributed by atoms with Crippen LogP contribution in [0.3, 0.4) is 0 Å². The van der Waals surface area contributed by atoms with E-state index in [4.69, 9.17) is 37.4 Å². The average Bonchev–Trinajstić information content (AvgIpc) is 2.79. The first-order chi connectivity index (χ1) is 15.9. The number of aryl methyl sites for hydroxylation is 1. The Balaban J connectivity index is 1.56. The quantitative estimate of drug-likeness (QED) is 0.208. The fourth-order valence-corrected chi connectivity index (χ4v) is 3.11. The molecule has 1 amide bonds. The lowest BCUT2D eigenvalue weighted by atomic mass is 10.1. The van der Waals surface area contributed by atoms with E-state index in [1.807, 2.05) is 19.1 Å². The number of hydrogen-bond acceptors (Lipinski definition) is 6. The Kier molecular flexibility index (Phi) is 8.29. The normalized spacial score (nSPS) is 10.7. The van der Waals surface area contributed by atoms with Gasteiger partial charge in [-0.2, -0.15) is 5.10 Å². The molecule has 0 heterocycles. The molecule has 33 heavy (non-hydrogen) atoms. The maximum absolute atomic E-state index is 12.3. The Morgan fingerprint density at radius 1 is 0.970 bits per heavy atom. The second-order valence-corrected chi connectivity index (χ2v) is 7.67. The molecule has 0 aliphatic heterocycles. The van der Waals surface area contributed by atoms with Crippen LogP contribution in [-0.2, 0) is 4.79 Å². The minimum atomic E-state index is -0.497. The molecule has 3 aromatic rings. The van der Waals surface area contributed by atoms with Crippen molar-refractivity contribution in [3.8, 4) is 17.2 Å². The van der Waals surface area contributed by atoms with E-state index in [2.05, 4.69) is 10.5 Å². The van der Waals surface area contributed by atoms with Gasteiger partial charge in [-0.25, -0.2) is 10.2 Å². The molecule has 170 valence electrons. The van der Waals surface area contributed by atoms with Crippen LogP contribution in [0.1, 0.15) is 21.5 Å². The van der Waals surface area contributed by atoms with Gasteiger partial charge in [-0.05, 0) is 61.0 Å². The molecule has 9 heteroatoms. The second kappa shape index (κ2) is 11.4. The summed E-state index contributed by atoms with van der Waals surface area (Å²) in [5, 5.41) is 4.66. The number of ether oxygens (including phenoxy) is 3. The zero-order chi connectivity index (χ0) is 23.8. The Bertz CT molecular complexity index is 1180. The molecule has 0 spiro atoms. The largest absolute Gasteiger partial charge is 0.493 e. The lowest BCUT2D eigenvalue weighted by Crippen LogP contribution is -2.24. The number of esters is 1. The van der Waals surface area contributed by atoms with Gasteiger partial charge in [0.05, 0.1) is 23.9 Å². The van der Waals surface area contributed by atoms with Crippen molar-refractivity contribution in [3.05, 3.63) is 87.4 Å². The second-order valence-electron chi connectivity index (χ2n) is 6.82. The predicted octanol–water partition coefficient (Wildman–Crippen LogP) is 5.06. The fraction of sp³-hybridized carbons (Fsp3) is 0.125. The standard InChI is InChI=1S/C24H20Cl2N2O5/c1-15-3-6-17(7-4-15)24(30)33-21-9-5-16(11-22(21)31-2)13-27-28-23(29)14-32-20-10-8-18(25)12-19(20)26/h3-13H,14H2,1-2H3,(H,28,29). The number of nitrogens with one attached hydrogen (secondary N) is 1. The number of nitrogens with zero attached hydrogens (tertiary/aromatic N) is 1. The van der Waals surface area contributed by atoms with Gasteiger partial charge in [0.25, 0.3) is 5.91 Å². The van der Waals surface area contributed by atoms with Crippen molar-refractivity contribution in [3.63, 3.8) is 0 Å². The number of benzene rings is 3. The molecule has 0 aliphatic carbocycles. The third-order valence-corrected chi connectivity index (χ3v) is 4.86. The van der Waals surface area contributed by atoms with E-state index < -0.39 is 11.9 Å². The average molecular weight is 487 g/mol. The van der Waals surface area contributed by atoms with Crippen LogP contribution in [0.4, 0.5) is 0 Å². The monoisotopic (exact) mass is 486 g/mol. The van der Waals surface area contributed by atoms with E-state index >= 15 is 0 Å². The summed E-state index contributed by atoms with van der Waals surface area (Å²) in [6.07, 6.45) is 1.42. The number of carbonyl (C=O) groups excluding carboxylic acids is 2. The topological polar surface area (TPSA) is 86.2 Å². The smallest absolute Gasteiger partial charge is 0.343 e. The minimum Gasteiger partial charge on any atom is -0.493 e. The Hall–Kier alpha value is -3.55. The highest BCUT2D eigenvalue weighted by molar-refractivity contribution is 6.35. The number of halogens is 2.